The van der Waals surface area contributed by atoms with Crippen LogP contribution in [0.25, 0.3) is 0 Å². The second-order valence-corrected chi connectivity index (χ2v) is 5.08. The van der Waals surface area contributed by atoms with Gasteiger partial charge >= 0.3 is 5.69 Å². The minimum absolute atomic E-state index is 0.146. The molecule has 1 fully saturated rings. The van der Waals surface area contributed by atoms with Gasteiger partial charge in [-0.2, -0.15) is 4.98 Å². The van der Waals surface area contributed by atoms with Crippen LogP contribution < -0.4 is 11.0 Å². The Kier molecular flexibility index (Phi) is 3.44. The Morgan fingerprint density at radius 2 is 2.31 bits per heavy atom. The van der Waals surface area contributed by atoms with Crippen molar-refractivity contribution in [1.82, 2.24) is 14.9 Å². The maximum Gasteiger partial charge on any atom is 0.348 e. The molecule has 1 atom stereocenters. The highest BCUT2D eigenvalue weighted by Crippen LogP contribution is 2.17. The van der Waals surface area contributed by atoms with Crippen LogP contribution in [0.3, 0.4) is 0 Å². The molecule has 5 heteroatoms. The fourth-order valence-electron chi connectivity index (χ4n) is 2.12. The highest BCUT2D eigenvalue weighted by Gasteiger charge is 2.17. The molecule has 0 saturated carbocycles. The second-order valence-electron chi connectivity index (χ2n) is 4.28. The van der Waals surface area contributed by atoms with Gasteiger partial charge < -0.3 is 5.32 Å². The van der Waals surface area contributed by atoms with Gasteiger partial charge in [-0.25, -0.2) is 4.79 Å². The van der Waals surface area contributed by atoms with Crippen LogP contribution in [0, 0.1) is 13.8 Å². The lowest BCUT2D eigenvalue weighted by Gasteiger charge is -2.16. The van der Waals surface area contributed by atoms with Crippen LogP contribution in [-0.4, -0.2) is 22.1 Å². The Morgan fingerprint density at radius 3 is 2.94 bits per heavy atom. The third-order valence-corrected chi connectivity index (χ3v) is 4.25. The number of rotatable bonds is 2. The Balaban J connectivity index is 2.32. The first kappa shape index (κ1) is 11.8. The van der Waals surface area contributed by atoms with Gasteiger partial charge in [-0.15, -0.1) is 0 Å². The topological polar surface area (TPSA) is 46.9 Å². The van der Waals surface area contributed by atoms with Crippen molar-refractivity contribution in [3.63, 3.8) is 0 Å². The van der Waals surface area contributed by atoms with E-state index in [1.54, 1.807) is 4.57 Å². The Morgan fingerprint density at radius 1 is 1.56 bits per heavy atom. The molecule has 0 amide bonds. The molecule has 0 spiro atoms. The first-order chi connectivity index (χ1) is 7.59. The molecule has 4 nitrogen and oxygen atoms in total. The van der Waals surface area contributed by atoms with Crippen LogP contribution in [0.2, 0.25) is 0 Å². The van der Waals surface area contributed by atoms with Gasteiger partial charge in [0.05, 0.1) is 10.2 Å². The second kappa shape index (κ2) is 4.67. The predicted molar refractivity (Wildman–Crippen MR) is 66.7 cm³/mol. The molecule has 0 aromatic carbocycles. The Labute approximate surface area is 103 Å². The summed E-state index contributed by atoms with van der Waals surface area (Å²) in [6.07, 6.45) is 2.33. The minimum atomic E-state index is -0.146. The lowest BCUT2D eigenvalue weighted by molar-refractivity contribution is 0.483. The zero-order chi connectivity index (χ0) is 11.7. The van der Waals surface area contributed by atoms with Crippen molar-refractivity contribution in [1.29, 1.82) is 0 Å². The van der Waals surface area contributed by atoms with Crippen LogP contribution >= 0.6 is 15.9 Å². The monoisotopic (exact) mass is 285 g/mol. The number of halogens is 1. The quantitative estimate of drug-likeness (QED) is 0.893. The highest BCUT2D eigenvalue weighted by molar-refractivity contribution is 9.10. The molecule has 1 aromatic rings. The maximum atomic E-state index is 11.8. The van der Waals surface area contributed by atoms with Crippen LogP contribution in [0.1, 0.15) is 24.2 Å². The van der Waals surface area contributed by atoms with E-state index in [4.69, 9.17) is 0 Å². The van der Waals surface area contributed by atoms with Gasteiger partial charge in [0.1, 0.15) is 0 Å². The zero-order valence-corrected chi connectivity index (χ0v) is 11.2. The number of aromatic nitrogens is 2. The third kappa shape index (κ3) is 2.20. The molecular formula is C11H16BrN3O. The van der Waals surface area contributed by atoms with Crippen LogP contribution in [0.4, 0.5) is 0 Å². The molecule has 0 unspecified atom stereocenters. The number of nitrogens with zero attached hydrogens (tertiary/aromatic N) is 2. The van der Waals surface area contributed by atoms with Crippen LogP contribution in [0.15, 0.2) is 9.27 Å². The molecule has 0 aliphatic carbocycles. The summed E-state index contributed by atoms with van der Waals surface area (Å²) >= 11 is 3.47. The lowest BCUT2D eigenvalue weighted by atomic mass is 10.2. The van der Waals surface area contributed by atoms with E-state index in [1.807, 2.05) is 13.8 Å². The van der Waals surface area contributed by atoms with Gasteiger partial charge in [0.15, 0.2) is 0 Å². The van der Waals surface area contributed by atoms with E-state index in [2.05, 4.69) is 26.2 Å². The molecule has 16 heavy (non-hydrogen) atoms. The fraction of sp³-hybridized carbons (Fsp3) is 0.636. The average molecular weight is 286 g/mol. The summed E-state index contributed by atoms with van der Waals surface area (Å²) in [7, 11) is 0. The highest BCUT2D eigenvalue weighted by atomic mass is 79.9. The van der Waals surface area contributed by atoms with Crippen LogP contribution in [-0.2, 0) is 6.54 Å². The third-order valence-electron chi connectivity index (χ3n) is 3.10. The molecule has 0 bridgehead atoms. The van der Waals surface area contributed by atoms with Gasteiger partial charge in [-0.3, -0.25) is 4.57 Å². The molecular weight excluding hydrogens is 270 g/mol. The predicted octanol–water partition coefficient (Wildman–Crippen LogP) is 1.37. The fourth-order valence-corrected chi connectivity index (χ4v) is 2.43. The summed E-state index contributed by atoms with van der Waals surface area (Å²) < 4.78 is 2.69. The molecule has 0 radical (unpaired) electrons. The molecule has 2 rings (SSSR count). The summed E-state index contributed by atoms with van der Waals surface area (Å²) in [4.78, 5) is 15.8. The molecule has 1 aliphatic rings. The van der Waals surface area contributed by atoms with E-state index in [1.165, 1.54) is 6.42 Å². The van der Waals surface area contributed by atoms with Gasteiger partial charge in [-0.05, 0) is 49.2 Å². The van der Waals surface area contributed by atoms with Gasteiger partial charge in [0.2, 0.25) is 0 Å². The summed E-state index contributed by atoms with van der Waals surface area (Å²) in [6, 6.07) is 0.410. The van der Waals surface area contributed by atoms with E-state index in [0.29, 0.717) is 6.04 Å². The van der Waals surface area contributed by atoms with Gasteiger partial charge in [-0.1, -0.05) is 0 Å². The molecule has 1 N–H and O–H groups in total. The minimum Gasteiger partial charge on any atom is -0.312 e. The smallest absolute Gasteiger partial charge is 0.312 e. The standard InChI is InChI=1S/C11H16BrN3O/c1-7-10(12)8(2)15(11(16)14-7)6-9-4-3-5-13-9/h9,13H,3-6H2,1-2H3/t9-/m1/s1. The molecule has 1 saturated heterocycles. The SMILES string of the molecule is Cc1nc(=O)n(C[C@H]2CCCN2)c(C)c1Br. The summed E-state index contributed by atoms with van der Waals surface area (Å²) in [5.74, 6) is 0. The number of hydrogen-bond acceptors (Lipinski definition) is 3. The van der Waals surface area contributed by atoms with E-state index in [0.717, 1.165) is 35.4 Å². The van der Waals surface area contributed by atoms with Crippen molar-refractivity contribution >= 4 is 15.9 Å². The normalized spacial score (nSPS) is 20.3. The largest absolute Gasteiger partial charge is 0.348 e. The summed E-state index contributed by atoms with van der Waals surface area (Å²) in [5.41, 5.74) is 1.58. The number of hydrogen-bond donors (Lipinski definition) is 1. The van der Waals surface area contributed by atoms with Crippen LogP contribution in [0.5, 0.6) is 0 Å². The number of aryl methyl sites for hydroxylation is 1. The molecule has 88 valence electrons. The lowest BCUT2D eigenvalue weighted by Crippen LogP contribution is -2.35. The zero-order valence-electron chi connectivity index (χ0n) is 9.59. The molecule has 1 aliphatic heterocycles. The van der Waals surface area contributed by atoms with Crippen molar-refractivity contribution in [2.24, 2.45) is 0 Å². The van der Waals surface area contributed by atoms with E-state index in [-0.39, 0.29) is 5.69 Å². The average Bonchev–Trinajstić information content (AvgIpc) is 2.74. The Bertz CT molecular complexity index is 449. The maximum absolute atomic E-state index is 11.8. The van der Waals surface area contributed by atoms with Crippen molar-refractivity contribution < 1.29 is 0 Å². The molecule has 2 heterocycles. The Hall–Kier alpha value is -0.680. The summed E-state index contributed by atoms with van der Waals surface area (Å²) in [6.45, 7) is 5.57. The van der Waals surface area contributed by atoms with E-state index >= 15 is 0 Å². The molecule has 1 aromatic heterocycles. The van der Waals surface area contributed by atoms with Crippen molar-refractivity contribution in [3.8, 4) is 0 Å². The van der Waals surface area contributed by atoms with Gasteiger partial charge in [0.25, 0.3) is 0 Å². The summed E-state index contributed by atoms with van der Waals surface area (Å²) in [5, 5.41) is 3.39. The van der Waals surface area contributed by atoms with Crippen molar-refractivity contribution in [3.05, 3.63) is 26.3 Å². The van der Waals surface area contributed by atoms with E-state index < -0.39 is 0 Å². The number of nitrogens with one attached hydrogen (secondary N) is 1. The van der Waals surface area contributed by atoms with Crippen molar-refractivity contribution in [2.75, 3.05) is 6.54 Å². The first-order valence-corrected chi connectivity index (χ1v) is 6.36. The van der Waals surface area contributed by atoms with Gasteiger partial charge in [0, 0.05) is 18.3 Å². The van der Waals surface area contributed by atoms with Crippen molar-refractivity contribution in [2.45, 2.75) is 39.3 Å². The van der Waals surface area contributed by atoms with E-state index in [9.17, 15) is 4.79 Å². The first-order valence-electron chi connectivity index (χ1n) is 5.56.